The van der Waals surface area contributed by atoms with Crippen LogP contribution >= 0.6 is 0 Å². The molecule has 0 saturated heterocycles. The fourth-order valence-corrected chi connectivity index (χ4v) is 2.26. The number of rotatable bonds is 3. The third-order valence-corrected chi connectivity index (χ3v) is 3.30. The Morgan fingerprint density at radius 2 is 2.00 bits per heavy atom. The molecule has 4 N–H and O–H groups in total. The molecule has 0 heterocycles. The summed E-state index contributed by atoms with van der Waals surface area (Å²) in [6, 6.07) is 4.51. The zero-order valence-electron chi connectivity index (χ0n) is 10.0. The highest BCUT2D eigenvalue weighted by atomic mass is 19.1. The number of aliphatic hydroxyl groups is 1. The van der Waals surface area contributed by atoms with E-state index in [2.05, 4.69) is 5.32 Å². The largest absolute Gasteiger partial charge is 0.393 e. The number of halogens is 1. The molecule has 0 aromatic heterocycles. The van der Waals surface area contributed by atoms with Gasteiger partial charge < -0.3 is 16.2 Å². The van der Waals surface area contributed by atoms with Gasteiger partial charge in [0.2, 0.25) is 0 Å². The summed E-state index contributed by atoms with van der Waals surface area (Å²) in [7, 11) is 0. The summed E-state index contributed by atoms with van der Waals surface area (Å²) in [5, 5.41) is 12.6. The minimum Gasteiger partial charge on any atom is -0.393 e. The lowest BCUT2D eigenvalue weighted by Crippen LogP contribution is -2.28. The molecule has 0 atom stereocenters. The maximum atomic E-state index is 13.3. The van der Waals surface area contributed by atoms with Gasteiger partial charge in [-0.05, 0) is 43.9 Å². The van der Waals surface area contributed by atoms with E-state index in [0.29, 0.717) is 5.69 Å². The lowest BCUT2D eigenvalue weighted by Gasteiger charge is -2.27. The van der Waals surface area contributed by atoms with E-state index in [9.17, 15) is 14.3 Å². The Hall–Kier alpha value is -1.62. The molecule has 1 aromatic carbocycles. The number of anilines is 1. The first-order valence-electron chi connectivity index (χ1n) is 6.10. The second-order valence-corrected chi connectivity index (χ2v) is 4.71. The average molecular weight is 252 g/mol. The molecule has 98 valence electrons. The van der Waals surface area contributed by atoms with Gasteiger partial charge in [0.1, 0.15) is 5.82 Å². The summed E-state index contributed by atoms with van der Waals surface area (Å²) in [6.07, 6.45) is 3.05. The van der Waals surface area contributed by atoms with Gasteiger partial charge in [-0.25, -0.2) is 4.39 Å². The van der Waals surface area contributed by atoms with Gasteiger partial charge >= 0.3 is 0 Å². The normalized spacial score (nSPS) is 23.7. The number of carbonyl (C=O) groups is 1. The van der Waals surface area contributed by atoms with Crippen molar-refractivity contribution in [3.8, 4) is 0 Å². The molecule has 1 amide bonds. The first-order chi connectivity index (χ1) is 8.56. The Kier molecular flexibility index (Phi) is 3.81. The maximum absolute atomic E-state index is 13.3. The van der Waals surface area contributed by atoms with Crippen molar-refractivity contribution in [2.24, 2.45) is 5.73 Å². The van der Waals surface area contributed by atoms with Gasteiger partial charge in [-0.1, -0.05) is 0 Å². The van der Waals surface area contributed by atoms with Crippen molar-refractivity contribution in [1.29, 1.82) is 0 Å². The van der Waals surface area contributed by atoms with Gasteiger partial charge in [0.05, 0.1) is 11.7 Å². The summed E-state index contributed by atoms with van der Waals surface area (Å²) in [5.41, 5.74) is 5.68. The topological polar surface area (TPSA) is 75.4 Å². The predicted molar refractivity (Wildman–Crippen MR) is 66.8 cm³/mol. The maximum Gasteiger partial charge on any atom is 0.251 e. The Balaban J connectivity index is 2.05. The molecule has 1 aromatic rings. The van der Waals surface area contributed by atoms with Crippen molar-refractivity contribution in [1.82, 2.24) is 0 Å². The molecule has 1 fully saturated rings. The average Bonchev–Trinajstić information content (AvgIpc) is 2.34. The third kappa shape index (κ3) is 2.98. The van der Waals surface area contributed by atoms with Gasteiger partial charge in [-0.2, -0.15) is 0 Å². The van der Waals surface area contributed by atoms with Crippen LogP contribution in [0.5, 0.6) is 0 Å². The molecule has 18 heavy (non-hydrogen) atoms. The van der Waals surface area contributed by atoms with E-state index in [4.69, 9.17) is 5.73 Å². The Morgan fingerprint density at radius 1 is 1.33 bits per heavy atom. The first-order valence-corrected chi connectivity index (χ1v) is 6.10. The van der Waals surface area contributed by atoms with E-state index >= 15 is 0 Å². The summed E-state index contributed by atoms with van der Waals surface area (Å²) in [4.78, 5) is 11.0. The number of aliphatic hydroxyl groups excluding tert-OH is 1. The summed E-state index contributed by atoms with van der Waals surface area (Å²) in [6.45, 7) is 0. The van der Waals surface area contributed by atoms with Gasteiger partial charge in [0.15, 0.2) is 0 Å². The molecule has 0 bridgehead atoms. The minimum absolute atomic E-state index is 0.101. The molecular weight excluding hydrogens is 235 g/mol. The molecule has 4 nitrogen and oxygen atoms in total. The van der Waals surface area contributed by atoms with Crippen LogP contribution in [0, 0.1) is 5.82 Å². The number of primary amides is 1. The molecule has 1 aliphatic carbocycles. The van der Waals surface area contributed by atoms with Crippen LogP contribution in [-0.4, -0.2) is 23.2 Å². The van der Waals surface area contributed by atoms with E-state index in [1.807, 2.05) is 0 Å². The molecule has 0 aliphatic heterocycles. The molecule has 0 unspecified atom stereocenters. The van der Waals surface area contributed by atoms with Gasteiger partial charge in [0.25, 0.3) is 5.91 Å². The molecule has 2 rings (SSSR count). The van der Waals surface area contributed by atoms with Crippen molar-refractivity contribution >= 4 is 11.6 Å². The second kappa shape index (κ2) is 5.35. The van der Waals surface area contributed by atoms with Crippen LogP contribution in [0.15, 0.2) is 18.2 Å². The SMILES string of the molecule is NC(=O)c1cc(NC2CCC(O)CC2)ccc1F. The molecule has 1 aliphatic rings. The standard InChI is InChI=1S/C13H17FN2O2/c14-12-6-3-9(7-11(12)13(15)18)16-8-1-4-10(17)5-2-8/h3,6-8,10,16-17H,1-2,4-5H2,(H2,15,18). The number of hydrogen-bond donors (Lipinski definition) is 3. The Labute approximate surface area is 105 Å². The fourth-order valence-electron chi connectivity index (χ4n) is 2.26. The zero-order chi connectivity index (χ0) is 13.1. The lowest BCUT2D eigenvalue weighted by atomic mass is 9.93. The van der Waals surface area contributed by atoms with Crippen LogP contribution in [0.4, 0.5) is 10.1 Å². The fraction of sp³-hybridized carbons (Fsp3) is 0.462. The van der Waals surface area contributed by atoms with Crippen molar-refractivity contribution in [2.75, 3.05) is 5.32 Å². The smallest absolute Gasteiger partial charge is 0.251 e. The van der Waals surface area contributed by atoms with Crippen LogP contribution < -0.4 is 11.1 Å². The zero-order valence-corrected chi connectivity index (χ0v) is 10.0. The minimum atomic E-state index is -0.768. The van der Waals surface area contributed by atoms with E-state index < -0.39 is 11.7 Å². The van der Waals surface area contributed by atoms with Crippen molar-refractivity contribution in [2.45, 2.75) is 37.8 Å². The second-order valence-electron chi connectivity index (χ2n) is 4.71. The van der Waals surface area contributed by atoms with Crippen LogP contribution in [0.25, 0.3) is 0 Å². The van der Waals surface area contributed by atoms with E-state index in [1.165, 1.54) is 12.1 Å². The van der Waals surface area contributed by atoms with Gasteiger partial charge in [0, 0.05) is 11.7 Å². The first kappa shape index (κ1) is 12.8. The van der Waals surface area contributed by atoms with Gasteiger partial charge in [-0.15, -0.1) is 0 Å². The van der Waals surface area contributed by atoms with Crippen molar-refractivity contribution in [3.63, 3.8) is 0 Å². The van der Waals surface area contributed by atoms with E-state index in [0.717, 1.165) is 25.7 Å². The highest BCUT2D eigenvalue weighted by Crippen LogP contribution is 2.23. The molecule has 0 spiro atoms. The van der Waals surface area contributed by atoms with E-state index in [-0.39, 0.29) is 17.7 Å². The van der Waals surface area contributed by atoms with Crippen molar-refractivity contribution < 1.29 is 14.3 Å². The number of carbonyl (C=O) groups excluding carboxylic acids is 1. The Morgan fingerprint density at radius 3 is 2.61 bits per heavy atom. The molecule has 0 radical (unpaired) electrons. The summed E-state index contributed by atoms with van der Waals surface area (Å²) < 4.78 is 13.3. The lowest BCUT2D eigenvalue weighted by molar-refractivity contribution is 0.0996. The number of nitrogens with two attached hydrogens (primary N) is 1. The number of nitrogens with one attached hydrogen (secondary N) is 1. The number of hydrogen-bond acceptors (Lipinski definition) is 3. The highest BCUT2D eigenvalue weighted by Gasteiger charge is 2.19. The summed E-state index contributed by atoms with van der Waals surface area (Å²) in [5.74, 6) is -1.37. The summed E-state index contributed by atoms with van der Waals surface area (Å²) >= 11 is 0. The third-order valence-electron chi connectivity index (χ3n) is 3.30. The van der Waals surface area contributed by atoms with Crippen LogP contribution in [0.2, 0.25) is 0 Å². The highest BCUT2D eigenvalue weighted by molar-refractivity contribution is 5.94. The Bertz CT molecular complexity index is 443. The number of amides is 1. The van der Waals surface area contributed by atoms with Gasteiger partial charge in [-0.3, -0.25) is 4.79 Å². The van der Waals surface area contributed by atoms with E-state index in [1.54, 1.807) is 6.07 Å². The van der Waals surface area contributed by atoms with Crippen molar-refractivity contribution in [3.05, 3.63) is 29.6 Å². The monoisotopic (exact) mass is 252 g/mol. The quantitative estimate of drug-likeness (QED) is 0.765. The predicted octanol–water partition coefficient (Wildman–Crippen LogP) is 1.64. The van der Waals surface area contributed by atoms with Crippen LogP contribution in [0.3, 0.4) is 0 Å². The van der Waals surface area contributed by atoms with Crippen LogP contribution in [0.1, 0.15) is 36.0 Å². The number of benzene rings is 1. The van der Waals surface area contributed by atoms with Crippen LogP contribution in [-0.2, 0) is 0 Å². The molecule has 5 heteroatoms. The molecular formula is C13H17FN2O2. The molecule has 1 saturated carbocycles.